The molecule has 0 bridgehead atoms. The minimum absolute atomic E-state index is 0.0307. The molecule has 5 nitrogen and oxygen atoms in total. The van der Waals surface area contributed by atoms with E-state index in [1.165, 1.54) is 161 Å². The topological polar surface area (TPSA) is 59.0 Å². The van der Waals surface area contributed by atoms with Crippen molar-refractivity contribution in [2.75, 3.05) is 46.1 Å². The van der Waals surface area contributed by atoms with Crippen LogP contribution in [0.5, 0.6) is 0 Å². The fourth-order valence-corrected chi connectivity index (χ4v) is 6.81. The molecule has 0 rings (SSSR count). The van der Waals surface area contributed by atoms with Crippen LogP contribution >= 0.6 is 0 Å². The molecule has 0 saturated heterocycles. The lowest BCUT2D eigenvalue weighted by molar-refractivity contribution is -0.143. The summed E-state index contributed by atoms with van der Waals surface area (Å²) >= 11 is 0. The number of aliphatic hydroxyl groups excluding tert-OH is 1. The smallest absolute Gasteiger partial charge is 0.305 e. The first-order valence-electron chi connectivity index (χ1n) is 21.7. The summed E-state index contributed by atoms with van der Waals surface area (Å²) < 4.78 is 11.7. The van der Waals surface area contributed by atoms with E-state index in [2.05, 4.69) is 25.7 Å². The van der Waals surface area contributed by atoms with E-state index in [1.807, 2.05) is 0 Å². The van der Waals surface area contributed by atoms with Crippen LogP contribution in [0.15, 0.2) is 0 Å². The molecule has 0 heterocycles. The van der Waals surface area contributed by atoms with Crippen molar-refractivity contribution < 1.29 is 19.4 Å². The Labute approximate surface area is 301 Å². The van der Waals surface area contributed by atoms with Gasteiger partial charge in [0, 0.05) is 26.2 Å². The van der Waals surface area contributed by atoms with Crippen LogP contribution in [0.3, 0.4) is 0 Å². The number of aliphatic hydroxyl groups is 1. The van der Waals surface area contributed by atoms with Crippen molar-refractivity contribution in [1.82, 2.24) is 4.90 Å². The Balaban J connectivity index is 3.87. The van der Waals surface area contributed by atoms with Gasteiger partial charge in [-0.25, -0.2) is 0 Å². The molecule has 0 aromatic rings. The van der Waals surface area contributed by atoms with Crippen molar-refractivity contribution in [2.24, 2.45) is 5.92 Å². The molecule has 0 aromatic heterocycles. The van der Waals surface area contributed by atoms with E-state index < -0.39 is 0 Å². The maximum atomic E-state index is 12.1. The highest BCUT2D eigenvalue weighted by atomic mass is 16.5. The number of carbonyl (C=O) groups excluding carboxylic acids is 1. The SMILES string of the molecule is CCCCCCCCCCCOC(=O)CCCCCN(CCO)CCCCCCOCC(CCCCCCCC)CCCCCCCC. The van der Waals surface area contributed by atoms with Gasteiger partial charge in [0.2, 0.25) is 0 Å². The zero-order chi connectivity index (χ0) is 35.0. The minimum Gasteiger partial charge on any atom is -0.466 e. The van der Waals surface area contributed by atoms with Crippen molar-refractivity contribution in [3.63, 3.8) is 0 Å². The zero-order valence-electron chi connectivity index (χ0n) is 33.1. The molecule has 0 fully saturated rings. The van der Waals surface area contributed by atoms with Gasteiger partial charge in [-0.2, -0.15) is 0 Å². The molecule has 1 N–H and O–H groups in total. The molecule has 0 aliphatic heterocycles. The van der Waals surface area contributed by atoms with Gasteiger partial charge in [0.25, 0.3) is 0 Å². The third-order valence-corrected chi connectivity index (χ3v) is 10.1. The van der Waals surface area contributed by atoms with Gasteiger partial charge in [-0.15, -0.1) is 0 Å². The third-order valence-electron chi connectivity index (χ3n) is 10.1. The summed E-state index contributed by atoms with van der Waals surface area (Å²) in [5.41, 5.74) is 0. The van der Waals surface area contributed by atoms with Gasteiger partial charge in [0.15, 0.2) is 0 Å². The Morgan fingerprint density at radius 1 is 0.500 bits per heavy atom. The Bertz CT molecular complexity index is 600. The lowest BCUT2D eigenvalue weighted by Crippen LogP contribution is -2.29. The van der Waals surface area contributed by atoms with Gasteiger partial charge >= 0.3 is 5.97 Å². The Morgan fingerprint density at radius 3 is 1.42 bits per heavy atom. The molecule has 0 radical (unpaired) electrons. The van der Waals surface area contributed by atoms with E-state index in [0.29, 0.717) is 13.0 Å². The summed E-state index contributed by atoms with van der Waals surface area (Å²) in [4.78, 5) is 14.5. The van der Waals surface area contributed by atoms with E-state index in [9.17, 15) is 9.90 Å². The molecule has 0 aliphatic rings. The van der Waals surface area contributed by atoms with Crippen molar-refractivity contribution >= 4 is 5.97 Å². The van der Waals surface area contributed by atoms with Crippen LogP contribution in [0.4, 0.5) is 0 Å². The number of unbranched alkanes of at least 4 members (excludes halogenated alkanes) is 23. The maximum absolute atomic E-state index is 12.1. The van der Waals surface area contributed by atoms with E-state index in [4.69, 9.17) is 9.47 Å². The van der Waals surface area contributed by atoms with Gasteiger partial charge in [-0.05, 0) is 64.0 Å². The quantitative estimate of drug-likeness (QED) is 0.0514. The minimum atomic E-state index is -0.0307. The van der Waals surface area contributed by atoms with Gasteiger partial charge in [0.05, 0.1) is 13.2 Å². The highest BCUT2D eigenvalue weighted by molar-refractivity contribution is 5.69. The highest BCUT2D eigenvalue weighted by Crippen LogP contribution is 2.20. The molecule has 0 amide bonds. The van der Waals surface area contributed by atoms with Crippen molar-refractivity contribution in [1.29, 1.82) is 0 Å². The second-order valence-corrected chi connectivity index (χ2v) is 14.9. The van der Waals surface area contributed by atoms with Crippen LogP contribution in [0.2, 0.25) is 0 Å². The number of hydrogen-bond acceptors (Lipinski definition) is 5. The number of rotatable bonds is 41. The van der Waals surface area contributed by atoms with E-state index in [-0.39, 0.29) is 12.6 Å². The number of esters is 1. The zero-order valence-corrected chi connectivity index (χ0v) is 33.1. The first kappa shape index (κ1) is 47.4. The first-order valence-corrected chi connectivity index (χ1v) is 21.7. The maximum Gasteiger partial charge on any atom is 0.305 e. The lowest BCUT2D eigenvalue weighted by Gasteiger charge is -2.21. The number of hydrogen-bond donors (Lipinski definition) is 1. The highest BCUT2D eigenvalue weighted by Gasteiger charge is 2.10. The predicted molar refractivity (Wildman–Crippen MR) is 209 cm³/mol. The Morgan fingerprint density at radius 2 is 0.917 bits per heavy atom. The lowest BCUT2D eigenvalue weighted by atomic mass is 9.95. The van der Waals surface area contributed by atoms with Crippen LogP contribution in [-0.4, -0.2) is 62.0 Å². The molecule has 288 valence electrons. The first-order chi connectivity index (χ1) is 23.7. The van der Waals surface area contributed by atoms with Crippen LogP contribution < -0.4 is 0 Å². The Hall–Kier alpha value is -0.650. The van der Waals surface area contributed by atoms with Gasteiger partial charge < -0.3 is 19.5 Å². The molecule has 0 aliphatic carbocycles. The van der Waals surface area contributed by atoms with Crippen molar-refractivity contribution in [2.45, 2.75) is 220 Å². The predicted octanol–water partition coefficient (Wildman–Crippen LogP) is 12.6. The normalized spacial score (nSPS) is 11.7. The molecular formula is C43H87NO4. The Kier molecular flexibility index (Phi) is 40.2. The summed E-state index contributed by atoms with van der Waals surface area (Å²) in [6.45, 7) is 12.4. The molecular weight excluding hydrogens is 594 g/mol. The molecule has 0 saturated carbocycles. The summed E-state index contributed by atoms with van der Waals surface area (Å²) in [7, 11) is 0. The van der Waals surface area contributed by atoms with E-state index >= 15 is 0 Å². The van der Waals surface area contributed by atoms with Crippen LogP contribution in [0.1, 0.15) is 220 Å². The fraction of sp³-hybridized carbons (Fsp3) is 0.977. The molecule has 0 atom stereocenters. The second kappa shape index (κ2) is 40.8. The van der Waals surface area contributed by atoms with Crippen LogP contribution in [-0.2, 0) is 14.3 Å². The third kappa shape index (κ3) is 36.6. The van der Waals surface area contributed by atoms with Crippen LogP contribution in [0, 0.1) is 5.92 Å². The summed E-state index contributed by atoms with van der Waals surface area (Å²) in [6, 6.07) is 0. The number of nitrogens with zero attached hydrogens (tertiary/aromatic N) is 1. The standard InChI is InChI=1S/C43H87NO4/c1-4-7-10-13-16-17-18-22-31-40-48-43(46)34-27-24-29-36-44(37-38-45)35-28-21-23-30-39-47-41-42(32-25-19-14-11-8-5-2)33-26-20-15-12-9-6-3/h42,45H,4-41H2,1-3H3. The second-order valence-electron chi connectivity index (χ2n) is 14.9. The van der Waals surface area contributed by atoms with E-state index in [0.717, 1.165) is 70.9 Å². The van der Waals surface area contributed by atoms with Crippen molar-refractivity contribution in [3.8, 4) is 0 Å². The average Bonchev–Trinajstić information content (AvgIpc) is 3.09. The molecule has 0 aromatic carbocycles. The molecule has 5 heteroatoms. The summed E-state index contributed by atoms with van der Waals surface area (Å²) in [6.07, 6.45) is 39.2. The van der Waals surface area contributed by atoms with Crippen LogP contribution in [0.25, 0.3) is 0 Å². The monoisotopic (exact) mass is 682 g/mol. The molecule has 0 unspecified atom stereocenters. The van der Waals surface area contributed by atoms with Gasteiger partial charge in [0.1, 0.15) is 0 Å². The average molecular weight is 682 g/mol. The van der Waals surface area contributed by atoms with Gasteiger partial charge in [-0.3, -0.25) is 4.79 Å². The number of ether oxygens (including phenoxy) is 2. The number of carbonyl (C=O) groups is 1. The largest absolute Gasteiger partial charge is 0.466 e. The summed E-state index contributed by atoms with van der Waals surface area (Å²) in [5, 5.41) is 9.54. The molecule has 48 heavy (non-hydrogen) atoms. The summed E-state index contributed by atoms with van der Waals surface area (Å²) in [5.74, 6) is 0.724. The van der Waals surface area contributed by atoms with Crippen molar-refractivity contribution in [3.05, 3.63) is 0 Å². The van der Waals surface area contributed by atoms with E-state index in [1.54, 1.807) is 0 Å². The molecule has 0 spiro atoms. The van der Waals surface area contributed by atoms with Gasteiger partial charge in [-0.1, -0.05) is 168 Å². The fourth-order valence-electron chi connectivity index (χ4n) is 6.81.